The average molecular weight is 360 g/mol. The first-order valence-corrected chi connectivity index (χ1v) is 8.61. The summed E-state index contributed by atoms with van der Waals surface area (Å²) in [7, 11) is 0. The van der Waals surface area contributed by atoms with Gasteiger partial charge < -0.3 is 14.1 Å². The first-order valence-electron chi connectivity index (χ1n) is 8.61. The zero-order valence-corrected chi connectivity index (χ0v) is 14.2. The van der Waals surface area contributed by atoms with Gasteiger partial charge in [-0.2, -0.15) is 13.2 Å². The molecule has 0 aliphatic carbocycles. The lowest BCUT2D eigenvalue weighted by atomic mass is 9.99. The Balaban J connectivity index is 1.58. The lowest BCUT2D eigenvalue weighted by Gasteiger charge is -2.33. The third-order valence-electron chi connectivity index (χ3n) is 4.85. The molecule has 2 fully saturated rings. The summed E-state index contributed by atoms with van der Waals surface area (Å²) >= 11 is 0. The molecule has 5 nitrogen and oxygen atoms in total. The number of hydrogen-bond donors (Lipinski definition) is 0. The predicted molar refractivity (Wildman–Crippen MR) is 84.1 cm³/mol. The number of alkyl halides is 3. The number of ether oxygens (including phenoxy) is 1. The van der Waals surface area contributed by atoms with E-state index in [4.69, 9.17) is 9.15 Å². The second-order valence-corrected chi connectivity index (χ2v) is 6.88. The van der Waals surface area contributed by atoms with E-state index in [0.29, 0.717) is 12.3 Å². The number of rotatable bonds is 3. The molecule has 1 amide bonds. The van der Waals surface area contributed by atoms with E-state index in [2.05, 4.69) is 11.8 Å². The molecule has 2 saturated heterocycles. The molecule has 0 spiro atoms. The van der Waals surface area contributed by atoms with Gasteiger partial charge in [0.2, 0.25) is 0 Å². The van der Waals surface area contributed by atoms with Crippen LogP contribution in [0.1, 0.15) is 36.1 Å². The van der Waals surface area contributed by atoms with Crippen molar-refractivity contribution < 1.29 is 27.1 Å². The molecule has 3 heterocycles. The average Bonchev–Trinajstić information content (AvgIpc) is 3.04. The van der Waals surface area contributed by atoms with Crippen LogP contribution in [0.5, 0.6) is 0 Å². The first-order chi connectivity index (χ1) is 11.8. The number of hydrogen-bond acceptors (Lipinski definition) is 4. The largest absolute Gasteiger partial charge is 0.455 e. The van der Waals surface area contributed by atoms with Gasteiger partial charge in [0.15, 0.2) is 11.9 Å². The number of carbonyl (C=O) groups excluding carboxylic acids is 1. The van der Waals surface area contributed by atoms with Gasteiger partial charge in [-0.1, -0.05) is 6.92 Å². The highest BCUT2D eigenvalue weighted by Gasteiger charge is 2.44. The minimum Gasteiger partial charge on any atom is -0.455 e. The highest BCUT2D eigenvalue weighted by Crippen LogP contribution is 2.26. The van der Waals surface area contributed by atoms with Crippen LogP contribution < -0.4 is 0 Å². The van der Waals surface area contributed by atoms with E-state index in [1.807, 2.05) is 0 Å². The molecule has 2 aliphatic heterocycles. The fraction of sp³-hybridized carbons (Fsp3) is 0.706. The van der Waals surface area contributed by atoms with Crippen molar-refractivity contribution in [2.45, 2.75) is 38.6 Å². The van der Waals surface area contributed by atoms with Crippen LogP contribution in [0.15, 0.2) is 16.5 Å². The molecule has 0 saturated carbocycles. The maximum atomic E-state index is 12.8. The van der Waals surface area contributed by atoms with Gasteiger partial charge in [0.1, 0.15) is 5.76 Å². The molecule has 0 radical (unpaired) electrons. The molecule has 2 aliphatic rings. The molecular formula is C17H23F3N2O3. The third kappa shape index (κ3) is 4.55. The topological polar surface area (TPSA) is 45.9 Å². The van der Waals surface area contributed by atoms with Gasteiger partial charge in [-0.3, -0.25) is 9.69 Å². The predicted octanol–water partition coefficient (Wildman–Crippen LogP) is 2.91. The van der Waals surface area contributed by atoms with Crippen molar-refractivity contribution in [3.05, 3.63) is 23.7 Å². The summed E-state index contributed by atoms with van der Waals surface area (Å²) in [4.78, 5) is 15.8. The van der Waals surface area contributed by atoms with Crippen LogP contribution in [-0.4, -0.2) is 60.8 Å². The van der Waals surface area contributed by atoms with Crippen LogP contribution in [0.25, 0.3) is 0 Å². The van der Waals surface area contributed by atoms with Gasteiger partial charge in [0.05, 0.1) is 19.7 Å². The van der Waals surface area contributed by atoms with Gasteiger partial charge >= 0.3 is 6.18 Å². The molecule has 0 N–H and O–H groups in total. The Hall–Kier alpha value is -1.54. The fourth-order valence-electron chi connectivity index (χ4n) is 3.21. The Morgan fingerprint density at radius 3 is 2.64 bits per heavy atom. The zero-order chi connectivity index (χ0) is 18.0. The monoisotopic (exact) mass is 360 g/mol. The number of piperidine rings is 1. The van der Waals surface area contributed by atoms with E-state index >= 15 is 0 Å². The molecule has 0 bridgehead atoms. The van der Waals surface area contributed by atoms with Crippen LogP contribution in [0, 0.1) is 5.92 Å². The maximum Gasteiger partial charge on any atom is 0.416 e. The van der Waals surface area contributed by atoms with Gasteiger partial charge in [0.25, 0.3) is 5.91 Å². The summed E-state index contributed by atoms with van der Waals surface area (Å²) in [5, 5.41) is 0. The number of amides is 1. The van der Waals surface area contributed by atoms with E-state index in [1.165, 1.54) is 0 Å². The summed E-state index contributed by atoms with van der Waals surface area (Å²) in [6.45, 7) is 4.33. The molecule has 3 rings (SSSR count). The van der Waals surface area contributed by atoms with E-state index < -0.39 is 24.7 Å². The van der Waals surface area contributed by atoms with Crippen molar-refractivity contribution in [1.82, 2.24) is 9.80 Å². The van der Waals surface area contributed by atoms with Crippen molar-refractivity contribution in [3.63, 3.8) is 0 Å². The summed E-state index contributed by atoms with van der Waals surface area (Å²) in [5.41, 5.74) is 0. The van der Waals surface area contributed by atoms with E-state index in [0.717, 1.165) is 36.7 Å². The Labute approximate surface area is 144 Å². The summed E-state index contributed by atoms with van der Waals surface area (Å²) < 4.78 is 48.7. The van der Waals surface area contributed by atoms with Crippen molar-refractivity contribution in [2.24, 2.45) is 5.92 Å². The Bertz CT molecular complexity index is 594. The van der Waals surface area contributed by atoms with Gasteiger partial charge in [0, 0.05) is 6.54 Å². The molecule has 1 aromatic heterocycles. The molecule has 1 atom stereocenters. The second-order valence-electron chi connectivity index (χ2n) is 6.88. The SMILES string of the molecule is CC1CCN(Cc2ccc(C(=O)N3CCOC(C(F)(F)F)C3)o2)CC1. The van der Waals surface area contributed by atoms with Crippen LogP contribution >= 0.6 is 0 Å². The summed E-state index contributed by atoms with van der Waals surface area (Å²) in [6.07, 6.45) is -4.13. The quantitative estimate of drug-likeness (QED) is 0.832. The van der Waals surface area contributed by atoms with Crippen molar-refractivity contribution in [3.8, 4) is 0 Å². The normalized spacial score (nSPS) is 23.8. The lowest BCUT2D eigenvalue weighted by molar-refractivity contribution is -0.233. The summed E-state index contributed by atoms with van der Waals surface area (Å²) in [5.74, 6) is 0.964. The molecule has 25 heavy (non-hydrogen) atoms. The van der Waals surface area contributed by atoms with E-state index in [-0.39, 0.29) is 18.9 Å². The smallest absolute Gasteiger partial charge is 0.416 e. The zero-order valence-electron chi connectivity index (χ0n) is 14.2. The van der Waals surface area contributed by atoms with Crippen LogP contribution in [-0.2, 0) is 11.3 Å². The Kier molecular flexibility index (Phi) is 5.38. The fourth-order valence-corrected chi connectivity index (χ4v) is 3.21. The molecule has 0 aromatic carbocycles. The standard InChI is InChI=1S/C17H23F3N2O3/c1-12-4-6-21(7-5-12)10-13-2-3-14(25-13)16(23)22-8-9-24-15(11-22)17(18,19)20/h2-3,12,15H,4-11H2,1H3. The number of halogens is 3. The molecule has 1 unspecified atom stereocenters. The number of likely N-dealkylation sites (tertiary alicyclic amines) is 1. The second kappa shape index (κ2) is 7.37. The minimum atomic E-state index is -4.47. The minimum absolute atomic E-state index is 0.0863. The van der Waals surface area contributed by atoms with Gasteiger partial charge in [-0.15, -0.1) is 0 Å². The Morgan fingerprint density at radius 2 is 1.96 bits per heavy atom. The van der Waals surface area contributed by atoms with Crippen molar-refractivity contribution in [2.75, 3.05) is 32.8 Å². The van der Waals surface area contributed by atoms with Crippen molar-refractivity contribution >= 4 is 5.91 Å². The Morgan fingerprint density at radius 1 is 1.24 bits per heavy atom. The lowest BCUT2D eigenvalue weighted by Crippen LogP contribution is -2.51. The number of furan rings is 1. The number of carbonyl (C=O) groups is 1. The van der Waals surface area contributed by atoms with Crippen LogP contribution in [0.3, 0.4) is 0 Å². The highest BCUT2D eigenvalue weighted by atomic mass is 19.4. The number of morpholine rings is 1. The van der Waals surface area contributed by atoms with Crippen LogP contribution in [0.4, 0.5) is 13.2 Å². The molecule has 8 heteroatoms. The molecule has 1 aromatic rings. The van der Waals surface area contributed by atoms with Crippen molar-refractivity contribution in [1.29, 1.82) is 0 Å². The maximum absolute atomic E-state index is 12.8. The van der Waals surface area contributed by atoms with E-state index in [9.17, 15) is 18.0 Å². The molecular weight excluding hydrogens is 337 g/mol. The van der Waals surface area contributed by atoms with Gasteiger partial charge in [-0.05, 0) is 44.0 Å². The van der Waals surface area contributed by atoms with Gasteiger partial charge in [-0.25, -0.2) is 0 Å². The summed E-state index contributed by atoms with van der Waals surface area (Å²) in [6, 6.07) is 3.27. The van der Waals surface area contributed by atoms with Crippen LogP contribution in [0.2, 0.25) is 0 Å². The third-order valence-corrected chi connectivity index (χ3v) is 4.85. The highest BCUT2D eigenvalue weighted by molar-refractivity contribution is 5.91. The molecule has 140 valence electrons. The number of nitrogens with zero attached hydrogens (tertiary/aromatic N) is 2. The van der Waals surface area contributed by atoms with E-state index in [1.54, 1.807) is 12.1 Å². The first kappa shape index (κ1) is 18.3.